The molecule has 0 saturated heterocycles. The second-order valence-electron chi connectivity index (χ2n) is 8.42. The van der Waals surface area contributed by atoms with Gasteiger partial charge in [-0.3, -0.25) is 4.79 Å². The molecule has 29 heavy (non-hydrogen) atoms. The monoisotopic (exact) mass is 419 g/mol. The van der Waals surface area contributed by atoms with Gasteiger partial charge in [0.05, 0.1) is 17.8 Å². The Labute approximate surface area is 174 Å². The first kappa shape index (κ1) is 20.0. The van der Waals surface area contributed by atoms with Gasteiger partial charge in [-0.25, -0.2) is 4.79 Å². The van der Waals surface area contributed by atoms with Crippen LogP contribution in [-0.4, -0.2) is 31.5 Å². The molecule has 1 aromatic carbocycles. The molecule has 4 rings (SSSR count). The van der Waals surface area contributed by atoms with Crippen molar-refractivity contribution in [3.63, 3.8) is 0 Å². The van der Waals surface area contributed by atoms with Crippen LogP contribution in [0.5, 0.6) is 0 Å². The molecule has 7 nitrogen and oxygen atoms in total. The number of carbonyl (C=O) groups excluding carboxylic acids is 2. The van der Waals surface area contributed by atoms with E-state index in [1.807, 2.05) is 13.0 Å². The summed E-state index contributed by atoms with van der Waals surface area (Å²) >= 11 is 6.38. The lowest BCUT2D eigenvalue weighted by atomic mass is 9.71. The number of nitrogens with two attached hydrogens (primary N) is 1. The zero-order valence-corrected chi connectivity index (χ0v) is 17.4. The van der Waals surface area contributed by atoms with Gasteiger partial charge >= 0.3 is 6.03 Å². The highest BCUT2D eigenvalue weighted by Crippen LogP contribution is 2.50. The number of methoxy groups -OCH3 is 1. The van der Waals surface area contributed by atoms with Crippen LogP contribution in [0.1, 0.15) is 60.7 Å². The average Bonchev–Trinajstić information content (AvgIpc) is 3.12. The molecule has 0 radical (unpaired) electrons. The first-order chi connectivity index (χ1) is 13.8. The minimum Gasteiger partial charge on any atom is -0.450 e. The lowest BCUT2D eigenvalue weighted by molar-refractivity contribution is 0.0975. The van der Waals surface area contributed by atoms with Crippen molar-refractivity contribution < 1.29 is 18.7 Å². The number of nitrogens with one attached hydrogen (secondary N) is 2. The first-order valence-corrected chi connectivity index (χ1v) is 10.4. The van der Waals surface area contributed by atoms with Gasteiger partial charge in [0.25, 0.3) is 5.91 Å². The number of alkyl halides is 1. The van der Waals surface area contributed by atoms with Crippen molar-refractivity contribution in [2.75, 3.05) is 24.9 Å². The number of ether oxygens (including phenoxy) is 1. The summed E-state index contributed by atoms with van der Waals surface area (Å²) in [7, 11) is 1.63. The molecule has 1 fully saturated rings. The van der Waals surface area contributed by atoms with Gasteiger partial charge in [0, 0.05) is 29.4 Å². The molecule has 1 unspecified atom stereocenters. The summed E-state index contributed by atoms with van der Waals surface area (Å²) in [6.45, 7) is 2.38. The Kier molecular flexibility index (Phi) is 4.99. The van der Waals surface area contributed by atoms with Crippen molar-refractivity contribution in [3.05, 3.63) is 29.0 Å². The maximum Gasteiger partial charge on any atom is 0.319 e. The molecule has 1 spiro atoms. The van der Waals surface area contributed by atoms with E-state index in [0.29, 0.717) is 23.8 Å². The van der Waals surface area contributed by atoms with E-state index in [0.717, 1.165) is 48.6 Å². The number of rotatable bonds is 5. The number of fused-ring (bicyclic) bond motifs is 4. The van der Waals surface area contributed by atoms with E-state index in [2.05, 4.69) is 10.6 Å². The Morgan fingerprint density at radius 1 is 1.34 bits per heavy atom. The van der Waals surface area contributed by atoms with Crippen LogP contribution in [0.25, 0.3) is 11.0 Å². The standard InChI is InChI=1S/C21H26ClN3O4/c1-20(10-22,11-28-2)13-8-12-9-14(18(23)26)29-17(12)15-16(13)24-19(27)25-21(15)6-4-3-5-7-21/h8-9H,3-7,10-11H2,1-2H3,(H2,23,26)(H2,24,25,27). The second kappa shape index (κ2) is 7.22. The van der Waals surface area contributed by atoms with Crippen molar-refractivity contribution >= 4 is 40.2 Å². The van der Waals surface area contributed by atoms with Gasteiger partial charge in [-0.1, -0.05) is 26.2 Å². The SMILES string of the molecule is COCC(C)(CCl)c1cc2cc(C(N)=O)oc2c2c1NC(=O)NC21CCCCC1. The number of amides is 3. The Morgan fingerprint density at radius 3 is 2.69 bits per heavy atom. The van der Waals surface area contributed by atoms with Crippen molar-refractivity contribution in [2.24, 2.45) is 5.73 Å². The van der Waals surface area contributed by atoms with Crippen LogP contribution < -0.4 is 16.4 Å². The van der Waals surface area contributed by atoms with E-state index < -0.39 is 16.9 Å². The maximum absolute atomic E-state index is 12.7. The zero-order valence-electron chi connectivity index (χ0n) is 16.7. The second-order valence-corrected chi connectivity index (χ2v) is 8.68. The molecule has 1 atom stereocenters. The number of halogens is 1. The minimum absolute atomic E-state index is 0.0986. The van der Waals surface area contributed by atoms with Crippen LogP contribution in [0.3, 0.4) is 0 Å². The number of anilines is 1. The van der Waals surface area contributed by atoms with E-state index in [9.17, 15) is 9.59 Å². The Hall–Kier alpha value is -2.25. The van der Waals surface area contributed by atoms with Crippen LogP contribution >= 0.6 is 11.6 Å². The lowest BCUT2D eigenvalue weighted by Gasteiger charge is -2.44. The molecule has 2 heterocycles. The van der Waals surface area contributed by atoms with Gasteiger partial charge in [0.2, 0.25) is 0 Å². The number of urea groups is 1. The molecule has 1 aliphatic heterocycles. The topological polar surface area (TPSA) is 107 Å². The molecular formula is C21H26ClN3O4. The third-order valence-corrected chi connectivity index (χ3v) is 6.82. The fraction of sp³-hybridized carbons (Fsp3) is 0.524. The highest BCUT2D eigenvalue weighted by atomic mass is 35.5. The normalized spacial score (nSPS) is 20.0. The molecule has 1 aliphatic carbocycles. The number of hydrogen-bond donors (Lipinski definition) is 3. The van der Waals surface area contributed by atoms with Crippen LogP contribution in [0.4, 0.5) is 10.5 Å². The maximum atomic E-state index is 12.7. The highest BCUT2D eigenvalue weighted by Gasteiger charge is 2.45. The van der Waals surface area contributed by atoms with E-state index in [-0.39, 0.29) is 11.8 Å². The summed E-state index contributed by atoms with van der Waals surface area (Å²) in [5.74, 6) is -0.226. The molecule has 4 N–H and O–H groups in total. The fourth-order valence-corrected chi connectivity index (χ4v) is 5.05. The lowest BCUT2D eigenvalue weighted by Crippen LogP contribution is -2.53. The minimum atomic E-state index is -0.626. The average molecular weight is 420 g/mol. The van der Waals surface area contributed by atoms with Gasteiger partial charge in [0.15, 0.2) is 5.76 Å². The zero-order chi connectivity index (χ0) is 20.8. The van der Waals surface area contributed by atoms with Crippen molar-refractivity contribution in [3.8, 4) is 0 Å². The fourth-order valence-electron chi connectivity index (χ4n) is 4.83. The smallest absolute Gasteiger partial charge is 0.319 e. The summed E-state index contributed by atoms with van der Waals surface area (Å²) in [4.78, 5) is 24.5. The predicted octanol–water partition coefficient (Wildman–Crippen LogP) is 3.97. The molecule has 8 heteroatoms. The summed E-state index contributed by atoms with van der Waals surface area (Å²) in [5, 5.41) is 6.91. The van der Waals surface area contributed by atoms with Gasteiger partial charge < -0.3 is 25.5 Å². The number of carbonyl (C=O) groups is 2. The highest BCUT2D eigenvalue weighted by molar-refractivity contribution is 6.19. The molecule has 2 aromatic rings. The summed E-state index contributed by atoms with van der Waals surface area (Å²) in [6.07, 6.45) is 4.73. The van der Waals surface area contributed by atoms with Gasteiger partial charge in [-0.05, 0) is 30.5 Å². The number of benzene rings is 1. The van der Waals surface area contributed by atoms with Crippen molar-refractivity contribution in [1.29, 1.82) is 0 Å². The van der Waals surface area contributed by atoms with Crippen molar-refractivity contribution in [1.82, 2.24) is 5.32 Å². The van der Waals surface area contributed by atoms with Gasteiger partial charge in [-0.2, -0.15) is 0 Å². The van der Waals surface area contributed by atoms with E-state index in [1.54, 1.807) is 13.2 Å². The number of furan rings is 1. The Morgan fingerprint density at radius 2 is 2.07 bits per heavy atom. The Balaban J connectivity index is 2.07. The first-order valence-electron chi connectivity index (χ1n) is 9.89. The molecule has 1 aromatic heterocycles. The third-order valence-electron chi connectivity index (χ3n) is 6.23. The van der Waals surface area contributed by atoms with Crippen LogP contribution in [0, 0.1) is 0 Å². The molecule has 2 aliphatic rings. The summed E-state index contributed by atoms with van der Waals surface area (Å²) in [6, 6.07) is 3.35. The van der Waals surface area contributed by atoms with E-state index in [1.165, 1.54) is 0 Å². The van der Waals surface area contributed by atoms with Crippen LogP contribution in [0.15, 0.2) is 16.5 Å². The largest absolute Gasteiger partial charge is 0.450 e. The van der Waals surface area contributed by atoms with E-state index >= 15 is 0 Å². The summed E-state index contributed by atoms with van der Waals surface area (Å²) in [5.41, 5.74) is 7.43. The molecule has 1 saturated carbocycles. The Bertz CT molecular complexity index is 980. The molecular weight excluding hydrogens is 394 g/mol. The third kappa shape index (κ3) is 3.16. The van der Waals surface area contributed by atoms with E-state index in [4.69, 9.17) is 26.5 Å². The summed E-state index contributed by atoms with van der Waals surface area (Å²) < 4.78 is 11.4. The quantitative estimate of drug-likeness (QED) is 0.637. The van der Waals surface area contributed by atoms with Crippen molar-refractivity contribution in [2.45, 2.75) is 50.0 Å². The molecule has 156 valence electrons. The van der Waals surface area contributed by atoms with Crippen LogP contribution in [0.2, 0.25) is 0 Å². The van der Waals surface area contributed by atoms with Crippen LogP contribution in [-0.2, 0) is 15.7 Å². The van der Waals surface area contributed by atoms with Gasteiger partial charge in [0.1, 0.15) is 5.58 Å². The number of primary amides is 1. The number of hydrogen-bond acceptors (Lipinski definition) is 4. The predicted molar refractivity (Wildman–Crippen MR) is 112 cm³/mol. The molecule has 0 bridgehead atoms. The molecule has 3 amide bonds. The van der Waals surface area contributed by atoms with Gasteiger partial charge in [-0.15, -0.1) is 11.6 Å².